The predicted molar refractivity (Wildman–Crippen MR) is 84.7 cm³/mol. The van der Waals surface area contributed by atoms with Crippen molar-refractivity contribution in [2.75, 3.05) is 6.54 Å². The van der Waals surface area contributed by atoms with Gasteiger partial charge < -0.3 is 15.4 Å². The molecule has 6 heteroatoms. The maximum Gasteiger partial charge on any atom is 0.410 e. The normalized spacial score (nSPS) is 19.0. The van der Waals surface area contributed by atoms with Crippen LogP contribution < -0.4 is 5.73 Å². The monoisotopic (exact) mass is 330 g/mol. The highest BCUT2D eigenvalue weighted by molar-refractivity contribution is 6.42. The van der Waals surface area contributed by atoms with E-state index in [2.05, 4.69) is 0 Å². The van der Waals surface area contributed by atoms with Crippen molar-refractivity contribution in [1.82, 2.24) is 4.90 Å². The zero-order valence-electron chi connectivity index (χ0n) is 12.5. The molecule has 0 saturated heterocycles. The smallest absolute Gasteiger partial charge is 0.410 e. The Kier molecular flexibility index (Phi) is 4.71. The maximum atomic E-state index is 12.2. The zero-order valence-corrected chi connectivity index (χ0v) is 14.0. The van der Waals surface area contributed by atoms with E-state index in [9.17, 15) is 4.79 Å². The van der Waals surface area contributed by atoms with Gasteiger partial charge >= 0.3 is 6.09 Å². The van der Waals surface area contributed by atoms with E-state index in [-0.39, 0.29) is 12.1 Å². The molecule has 1 atom stereocenters. The lowest BCUT2D eigenvalue weighted by Gasteiger charge is -2.26. The van der Waals surface area contributed by atoms with Crippen LogP contribution >= 0.6 is 23.2 Å². The third-order valence-corrected chi connectivity index (χ3v) is 4.03. The Labute approximate surface area is 135 Å². The Morgan fingerprint density at radius 3 is 2.57 bits per heavy atom. The van der Waals surface area contributed by atoms with Crippen LogP contribution in [0.1, 0.15) is 44.4 Å². The first kappa shape index (κ1) is 16.4. The van der Waals surface area contributed by atoms with Crippen LogP contribution in [0.2, 0.25) is 10.0 Å². The minimum absolute atomic E-state index is 0.165. The molecule has 0 spiro atoms. The summed E-state index contributed by atoms with van der Waals surface area (Å²) in [6, 6.07) is 3.41. The first-order chi connectivity index (χ1) is 9.67. The number of nitrogens with two attached hydrogens (primary N) is 1. The minimum Gasteiger partial charge on any atom is -0.444 e. The summed E-state index contributed by atoms with van der Waals surface area (Å²) in [6.45, 7) is 6.51. The molecule has 1 heterocycles. The summed E-state index contributed by atoms with van der Waals surface area (Å²) in [4.78, 5) is 13.9. The van der Waals surface area contributed by atoms with Gasteiger partial charge in [-0.25, -0.2) is 4.79 Å². The number of ether oxygens (including phenoxy) is 1. The van der Waals surface area contributed by atoms with Gasteiger partial charge in [0.25, 0.3) is 0 Å². The molecule has 21 heavy (non-hydrogen) atoms. The molecule has 2 N–H and O–H groups in total. The Morgan fingerprint density at radius 2 is 1.95 bits per heavy atom. The highest BCUT2D eigenvalue weighted by Crippen LogP contribution is 2.32. The van der Waals surface area contributed by atoms with Gasteiger partial charge in [-0.1, -0.05) is 23.2 Å². The van der Waals surface area contributed by atoms with Gasteiger partial charge in [-0.3, -0.25) is 0 Å². The van der Waals surface area contributed by atoms with Crippen molar-refractivity contribution in [1.29, 1.82) is 0 Å². The second-order valence-corrected chi connectivity index (χ2v) is 7.08. The molecule has 0 unspecified atom stereocenters. The molecule has 0 fully saturated rings. The van der Waals surface area contributed by atoms with Crippen molar-refractivity contribution in [2.45, 2.75) is 45.4 Å². The van der Waals surface area contributed by atoms with E-state index in [1.54, 1.807) is 17.0 Å². The van der Waals surface area contributed by atoms with E-state index >= 15 is 0 Å². The van der Waals surface area contributed by atoms with Crippen molar-refractivity contribution >= 4 is 29.3 Å². The van der Waals surface area contributed by atoms with Gasteiger partial charge in [-0.2, -0.15) is 0 Å². The van der Waals surface area contributed by atoms with Crippen molar-refractivity contribution in [3.05, 3.63) is 33.3 Å². The number of fused-ring (bicyclic) bond motifs is 1. The standard InChI is InChI=1S/C15H20Cl2N2O2/c1-15(2,3)21-14(20)19-5-4-13(18)10-7-12(17)11(16)6-9(10)8-19/h6-7,13H,4-5,8,18H2,1-3H3/t13-/m1/s1. The average molecular weight is 331 g/mol. The summed E-state index contributed by atoms with van der Waals surface area (Å²) < 4.78 is 5.42. The molecule has 0 bridgehead atoms. The fourth-order valence-electron chi connectivity index (χ4n) is 2.30. The number of hydrogen-bond donors (Lipinski definition) is 1. The molecule has 116 valence electrons. The molecule has 4 nitrogen and oxygen atoms in total. The van der Waals surface area contributed by atoms with Gasteiger partial charge in [-0.05, 0) is 50.5 Å². The van der Waals surface area contributed by atoms with Crippen LogP contribution in [0, 0.1) is 0 Å². The minimum atomic E-state index is -0.522. The quantitative estimate of drug-likeness (QED) is 0.777. The van der Waals surface area contributed by atoms with Gasteiger partial charge in [0.1, 0.15) is 5.60 Å². The van der Waals surface area contributed by atoms with Crippen molar-refractivity contribution in [2.24, 2.45) is 5.73 Å². The highest BCUT2D eigenvalue weighted by atomic mass is 35.5. The summed E-state index contributed by atoms with van der Waals surface area (Å²) in [5, 5.41) is 0.949. The van der Waals surface area contributed by atoms with Gasteiger partial charge in [0, 0.05) is 19.1 Å². The number of rotatable bonds is 0. The van der Waals surface area contributed by atoms with E-state index in [0.29, 0.717) is 29.6 Å². The number of amides is 1. The summed E-state index contributed by atoms with van der Waals surface area (Å²) >= 11 is 12.1. The molecule has 2 rings (SSSR count). The van der Waals surface area contributed by atoms with E-state index in [1.165, 1.54) is 0 Å². The second-order valence-electron chi connectivity index (χ2n) is 6.26. The lowest BCUT2D eigenvalue weighted by molar-refractivity contribution is 0.0235. The van der Waals surface area contributed by atoms with Crippen molar-refractivity contribution in [3.8, 4) is 0 Å². The van der Waals surface area contributed by atoms with Crippen molar-refractivity contribution in [3.63, 3.8) is 0 Å². The summed E-state index contributed by atoms with van der Waals surface area (Å²) in [5.41, 5.74) is 7.51. The average Bonchev–Trinajstić information content (AvgIpc) is 2.49. The van der Waals surface area contributed by atoms with Crippen LogP contribution in [0.3, 0.4) is 0 Å². The largest absolute Gasteiger partial charge is 0.444 e. The molecule has 1 aliphatic heterocycles. The van der Waals surface area contributed by atoms with Crippen LogP contribution in [-0.4, -0.2) is 23.1 Å². The second kappa shape index (κ2) is 6.03. The number of nitrogens with zero attached hydrogens (tertiary/aromatic N) is 1. The van der Waals surface area contributed by atoms with E-state index in [0.717, 1.165) is 11.1 Å². The van der Waals surface area contributed by atoms with Crippen LogP contribution in [0.5, 0.6) is 0 Å². The van der Waals surface area contributed by atoms with Crippen molar-refractivity contribution < 1.29 is 9.53 Å². The van der Waals surface area contributed by atoms with E-state index < -0.39 is 5.60 Å². The lowest BCUT2D eigenvalue weighted by Crippen LogP contribution is -2.36. The molecule has 0 radical (unpaired) electrons. The van der Waals surface area contributed by atoms with Crippen LogP contribution in [0.4, 0.5) is 4.79 Å². The van der Waals surface area contributed by atoms with Crippen LogP contribution in [-0.2, 0) is 11.3 Å². The summed E-state index contributed by atoms with van der Waals surface area (Å²) in [7, 11) is 0. The molecule has 0 aromatic heterocycles. The van der Waals surface area contributed by atoms with Gasteiger partial charge in [0.2, 0.25) is 0 Å². The Hall–Kier alpha value is -0.970. The molecular formula is C15H20Cl2N2O2. The fraction of sp³-hybridized carbons (Fsp3) is 0.533. The maximum absolute atomic E-state index is 12.2. The van der Waals surface area contributed by atoms with Gasteiger partial charge in [-0.15, -0.1) is 0 Å². The number of carbonyl (C=O) groups excluding carboxylic acids is 1. The third-order valence-electron chi connectivity index (χ3n) is 3.30. The first-order valence-corrected chi connectivity index (χ1v) is 7.64. The molecule has 1 aromatic carbocycles. The Morgan fingerprint density at radius 1 is 1.33 bits per heavy atom. The van der Waals surface area contributed by atoms with E-state index in [4.69, 9.17) is 33.7 Å². The highest BCUT2D eigenvalue weighted by Gasteiger charge is 2.27. The molecule has 0 saturated carbocycles. The molecule has 1 aromatic rings. The van der Waals surface area contributed by atoms with E-state index in [1.807, 2.05) is 20.8 Å². The number of benzene rings is 1. The molecular weight excluding hydrogens is 311 g/mol. The van der Waals surface area contributed by atoms with Gasteiger partial charge in [0.05, 0.1) is 10.0 Å². The number of halogens is 2. The van der Waals surface area contributed by atoms with Gasteiger partial charge in [0.15, 0.2) is 0 Å². The topological polar surface area (TPSA) is 55.6 Å². The Balaban J connectivity index is 2.27. The lowest BCUT2D eigenvalue weighted by atomic mass is 10.0. The summed E-state index contributed by atoms with van der Waals surface area (Å²) in [6.07, 6.45) is 0.318. The predicted octanol–water partition coefficient (Wildman–Crippen LogP) is 4.13. The SMILES string of the molecule is CC(C)(C)OC(=O)N1CC[C@@H](N)c2cc(Cl)c(Cl)cc2C1. The fourth-order valence-corrected chi connectivity index (χ4v) is 2.66. The summed E-state index contributed by atoms with van der Waals surface area (Å²) in [5.74, 6) is 0. The molecule has 1 amide bonds. The first-order valence-electron chi connectivity index (χ1n) is 6.88. The number of hydrogen-bond acceptors (Lipinski definition) is 3. The van der Waals surface area contributed by atoms with Crippen LogP contribution in [0.25, 0.3) is 0 Å². The Bertz CT molecular complexity index is 555. The zero-order chi connectivity index (χ0) is 15.8. The molecule has 1 aliphatic rings. The number of carbonyl (C=O) groups is 1. The molecule has 0 aliphatic carbocycles. The third kappa shape index (κ3) is 4.02. The van der Waals surface area contributed by atoms with Crippen LogP contribution in [0.15, 0.2) is 12.1 Å².